The van der Waals surface area contributed by atoms with Crippen LogP contribution in [0.1, 0.15) is 0 Å². The first kappa shape index (κ1) is 15.1. The number of ether oxygens (including phenoxy) is 1. The minimum atomic E-state index is -0.923. The highest BCUT2D eigenvalue weighted by Gasteiger charge is 2.09. The molecule has 1 heterocycles. The van der Waals surface area contributed by atoms with Crippen molar-refractivity contribution in [1.82, 2.24) is 15.5 Å². The Bertz CT molecular complexity index is 582. The quantitative estimate of drug-likeness (QED) is 0.746. The summed E-state index contributed by atoms with van der Waals surface area (Å²) in [7, 11) is 0. The number of aromatic nitrogens is 2. The molecule has 3 N–H and O–H groups in total. The van der Waals surface area contributed by atoms with Crippen LogP contribution >= 0.6 is 11.3 Å². The molecule has 0 spiro atoms. The first-order valence-corrected chi connectivity index (χ1v) is 6.89. The molecule has 21 heavy (non-hydrogen) atoms. The Kier molecular flexibility index (Phi) is 5.41. The number of hydrogen-bond donors (Lipinski definition) is 3. The lowest BCUT2D eigenvalue weighted by Gasteiger charge is -2.13. The van der Waals surface area contributed by atoms with Gasteiger partial charge < -0.3 is 15.2 Å². The fourth-order valence-corrected chi connectivity index (χ4v) is 1.83. The van der Waals surface area contributed by atoms with Gasteiger partial charge in [-0.15, -0.1) is 10.2 Å². The molecule has 0 aliphatic rings. The molecule has 2 aromatic rings. The Balaban J connectivity index is 1.67. The van der Waals surface area contributed by atoms with Gasteiger partial charge in [-0.2, -0.15) is 0 Å². The van der Waals surface area contributed by atoms with Crippen LogP contribution in [-0.4, -0.2) is 40.6 Å². The number of nitrogens with zero attached hydrogens (tertiary/aromatic N) is 2. The predicted octanol–water partition coefficient (Wildman–Crippen LogP) is 1.24. The maximum atomic E-state index is 12.9. The molecule has 2 rings (SSSR count). The number of rotatable bonds is 6. The molecule has 0 fully saturated rings. The molecule has 0 saturated carbocycles. The van der Waals surface area contributed by atoms with E-state index < -0.39 is 18.0 Å². The zero-order valence-corrected chi connectivity index (χ0v) is 11.6. The van der Waals surface area contributed by atoms with Crippen LogP contribution in [0.3, 0.4) is 0 Å². The number of carbonyl (C=O) groups excluding carboxylic acids is 1. The Labute approximate surface area is 123 Å². The molecule has 0 aliphatic carbocycles. The largest absolute Gasteiger partial charge is 0.491 e. The first-order valence-electron chi connectivity index (χ1n) is 6.01. The van der Waals surface area contributed by atoms with Gasteiger partial charge in [0.1, 0.15) is 29.8 Å². The molecule has 0 bridgehead atoms. The van der Waals surface area contributed by atoms with Crippen LogP contribution in [0, 0.1) is 5.82 Å². The number of aliphatic hydroxyl groups is 1. The summed E-state index contributed by atoms with van der Waals surface area (Å²) in [6.45, 7) is -0.0809. The molecule has 1 aromatic heterocycles. The molecule has 0 radical (unpaired) electrons. The van der Waals surface area contributed by atoms with Crippen LogP contribution < -0.4 is 15.4 Å². The highest BCUT2D eigenvalue weighted by atomic mass is 32.1. The average Bonchev–Trinajstić information content (AvgIpc) is 2.96. The molecule has 112 valence electrons. The van der Waals surface area contributed by atoms with Crippen molar-refractivity contribution in [1.29, 1.82) is 0 Å². The van der Waals surface area contributed by atoms with Crippen molar-refractivity contribution >= 4 is 22.5 Å². The van der Waals surface area contributed by atoms with Crippen LogP contribution in [-0.2, 0) is 0 Å². The second-order valence-corrected chi connectivity index (χ2v) is 4.83. The number of hydrogen-bond acceptors (Lipinski definition) is 6. The third-order valence-corrected chi connectivity index (χ3v) is 2.92. The number of halogens is 1. The number of nitrogens with one attached hydrogen (secondary N) is 2. The van der Waals surface area contributed by atoms with Gasteiger partial charge in [0.05, 0.1) is 0 Å². The van der Waals surface area contributed by atoms with Gasteiger partial charge in [0.2, 0.25) is 5.13 Å². The minimum Gasteiger partial charge on any atom is -0.491 e. The van der Waals surface area contributed by atoms with E-state index in [-0.39, 0.29) is 13.2 Å². The highest BCUT2D eigenvalue weighted by Crippen LogP contribution is 2.12. The summed E-state index contributed by atoms with van der Waals surface area (Å²) in [4.78, 5) is 11.4. The van der Waals surface area contributed by atoms with Crippen LogP contribution in [0.4, 0.5) is 14.3 Å². The van der Waals surface area contributed by atoms with Crippen LogP contribution in [0.15, 0.2) is 29.8 Å². The van der Waals surface area contributed by atoms with Gasteiger partial charge in [0.25, 0.3) is 0 Å². The summed E-state index contributed by atoms with van der Waals surface area (Å²) in [6, 6.07) is 5.08. The Morgan fingerprint density at radius 1 is 1.52 bits per heavy atom. The normalized spacial score (nSPS) is 11.7. The van der Waals surface area contributed by atoms with Gasteiger partial charge >= 0.3 is 6.03 Å². The molecular formula is C12H13FN4O3S. The van der Waals surface area contributed by atoms with Gasteiger partial charge in [0.15, 0.2) is 0 Å². The second kappa shape index (κ2) is 7.50. The van der Waals surface area contributed by atoms with Crippen LogP contribution in [0.2, 0.25) is 0 Å². The Morgan fingerprint density at radius 3 is 3.10 bits per heavy atom. The number of benzene rings is 1. The maximum Gasteiger partial charge on any atom is 0.321 e. The highest BCUT2D eigenvalue weighted by molar-refractivity contribution is 7.13. The third-order valence-electron chi connectivity index (χ3n) is 2.32. The molecule has 7 nitrogen and oxygen atoms in total. The van der Waals surface area contributed by atoms with E-state index in [9.17, 15) is 14.3 Å². The number of amides is 2. The van der Waals surface area contributed by atoms with Gasteiger partial charge in [-0.3, -0.25) is 5.32 Å². The zero-order valence-electron chi connectivity index (χ0n) is 10.8. The van der Waals surface area contributed by atoms with E-state index in [0.29, 0.717) is 10.9 Å². The smallest absolute Gasteiger partial charge is 0.321 e. The molecular weight excluding hydrogens is 299 g/mol. The summed E-state index contributed by atoms with van der Waals surface area (Å²) >= 11 is 1.18. The number of anilines is 1. The number of aliphatic hydroxyl groups excluding tert-OH is 1. The van der Waals surface area contributed by atoms with Crippen molar-refractivity contribution in [3.63, 3.8) is 0 Å². The molecule has 0 aliphatic heterocycles. The van der Waals surface area contributed by atoms with E-state index in [4.69, 9.17) is 4.74 Å². The fraction of sp³-hybridized carbons (Fsp3) is 0.250. The van der Waals surface area contributed by atoms with E-state index in [0.717, 1.165) is 0 Å². The zero-order chi connectivity index (χ0) is 15.1. The number of carbonyl (C=O) groups is 1. The first-order chi connectivity index (χ1) is 10.1. The summed E-state index contributed by atoms with van der Waals surface area (Å²) in [5, 5.41) is 22.1. The average molecular weight is 312 g/mol. The Hall–Kier alpha value is -2.26. The van der Waals surface area contributed by atoms with Crippen molar-refractivity contribution in [2.24, 2.45) is 0 Å². The van der Waals surface area contributed by atoms with Crippen LogP contribution in [0.5, 0.6) is 5.75 Å². The van der Waals surface area contributed by atoms with Crippen molar-refractivity contribution < 1.29 is 19.0 Å². The van der Waals surface area contributed by atoms with Crippen molar-refractivity contribution in [2.45, 2.75) is 6.10 Å². The minimum absolute atomic E-state index is 0.0139. The fourth-order valence-electron chi connectivity index (χ4n) is 1.39. The van der Waals surface area contributed by atoms with Crippen molar-refractivity contribution in [2.75, 3.05) is 18.5 Å². The van der Waals surface area contributed by atoms with E-state index in [1.807, 2.05) is 0 Å². The van der Waals surface area contributed by atoms with Gasteiger partial charge in [-0.05, 0) is 12.1 Å². The lowest BCUT2D eigenvalue weighted by molar-refractivity contribution is 0.108. The lowest BCUT2D eigenvalue weighted by atomic mass is 10.3. The summed E-state index contributed by atoms with van der Waals surface area (Å²) in [5.41, 5.74) is 1.48. The molecule has 9 heteroatoms. The summed E-state index contributed by atoms with van der Waals surface area (Å²) < 4.78 is 18.1. The maximum absolute atomic E-state index is 12.9. The van der Waals surface area contributed by atoms with Crippen molar-refractivity contribution in [3.05, 3.63) is 35.6 Å². The SMILES string of the molecule is O=C(NC[C@H](O)COc1cccc(F)c1)Nc1nncs1. The molecule has 1 aromatic carbocycles. The lowest BCUT2D eigenvalue weighted by Crippen LogP contribution is -2.37. The van der Waals surface area contributed by atoms with E-state index in [1.165, 1.54) is 35.0 Å². The van der Waals surface area contributed by atoms with Gasteiger partial charge in [-0.1, -0.05) is 17.4 Å². The van der Waals surface area contributed by atoms with Gasteiger partial charge in [0, 0.05) is 12.6 Å². The summed E-state index contributed by atoms with van der Waals surface area (Å²) in [6.07, 6.45) is -0.923. The van der Waals surface area contributed by atoms with E-state index in [2.05, 4.69) is 20.8 Å². The molecule has 1 atom stereocenters. The van der Waals surface area contributed by atoms with Gasteiger partial charge in [-0.25, -0.2) is 9.18 Å². The third kappa shape index (κ3) is 5.32. The van der Waals surface area contributed by atoms with E-state index in [1.54, 1.807) is 6.07 Å². The molecule has 0 saturated heterocycles. The monoisotopic (exact) mass is 312 g/mol. The van der Waals surface area contributed by atoms with E-state index >= 15 is 0 Å². The number of urea groups is 1. The topological polar surface area (TPSA) is 96.4 Å². The van der Waals surface area contributed by atoms with Crippen LogP contribution in [0.25, 0.3) is 0 Å². The molecule has 0 unspecified atom stereocenters. The second-order valence-electron chi connectivity index (χ2n) is 4.00. The van der Waals surface area contributed by atoms with Crippen molar-refractivity contribution in [3.8, 4) is 5.75 Å². The standard InChI is InChI=1S/C12H13FN4O3S/c13-8-2-1-3-10(4-8)20-6-9(18)5-14-11(19)16-12-17-15-7-21-12/h1-4,7,9,18H,5-6H2,(H2,14,16,17,19)/t9-/m0/s1. The predicted molar refractivity (Wildman–Crippen MR) is 74.8 cm³/mol. The Morgan fingerprint density at radius 2 is 2.38 bits per heavy atom. The molecule has 2 amide bonds. The summed E-state index contributed by atoms with van der Waals surface area (Å²) in [5.74, 6) is -0.107.